The Hall–Kier alpha value is 0.657. The molecule has 0 amide bonds. The third-order valence-corrected chi connectivity index (χ3v) is 6.88. The number of rotatable bonds is 3. The first-order valence-corrected chi connectivity index (χ1v) is 7.90. The molecule has 0 saturated carbocycles. The molecule has 0 aromatic rings. The van der Waals surface area contributed by atoms with E-state index in [1.165, 1.54) is 0 Å². The molecule has 3 heteroatoms. The summed E-state index contributed by atoms with van der Waals surface area (Å²) < 4.78 is 5.71. The molecule has 0 aromatic carbocycles. The lowest BCUT2D eigenvalue weighted by Gasteiger charge is -2.35. The number of hydrogen-bond acceptors (Lipinski definition) is 1. The van der Waals surface area contributed by atoms with Crippen LogP contribution in [0.5, 0.6) is 0 Å². The molecule has 0 saturated heterocycles. The summed E-state index contributed by atoms with van der Waals surface area (Å²) in [5.74, 6) is 0. The standard InChI is InChI=1S/C8H18BrOSi/c1-8(2,3)11(4,5)10-7-6-9/h7H,6H2,1-5H3. The van der Waals surface area contributed by atoms with E-state index in [2.05, 4.69) is 49.8 Å². The van der Waals surface area contributed by atoms with Crippen molar-refractivity contribution in [3.8, 4) is 0 Å². The van der Waals surface area contributed by atoms with Gasteiger partial charge < -0.3 is 4.43 Å². The Morgan fingerprint density at radius 3 is 2.09 bits per heavy atom. The van der Waals surface area contributed by atoms with Gasteiger partial charge in [-0.05, 0) is 18.1 Å². The molecule has 0 aliphatic carbocycles. The summed E-state index contributed by atoms with van der Waals surface area (Å²) in [6.07, 6.45) is 0. The highest BCUT2D eigenvalue weighted by molar-refractivity contribution is 9.09. The lowest BCUT2D eigenvalue weighted by Crippen LogP contribution is -2.40. The average molecular weight is 238 g/mol. The number of alkyl halides is 1. The first-order valence-electron chi connectivity index (χ1n) is 3.87. The third kappa shape index (κ3) is 3.72. The van der Waals surface area contributed by atoms with Crippen LogP contribution in [-0.4, -0.2) is 13.6 Å². The molecule has 0 spiro atoms. The summed E-state index contributed by atoms with van der Waals surface area (Å²) in [7, 11) is -1.51. The Bertz CT molecular complexity index is 118. The van der Waals surface area contributed by atoms with E-state index in [1.807, 2.05) is 6.61 Å². The summed E-state index contributed by atoms with van der Waals surface area (Å²) >= 11 is 3.31. The summed E-state index contributed by atoms with van der Waals surface area (Å²) in [6, 6.07) is 0. The largest absolute Gasteiger partial charge is 0.410 e. The molecule has 11 heavy (non-hydrogen) atoms. The van der Waals surface area contributed by atoms with Crippen LogP contribution >= 0.6 is 15.9 Å². The van der Waals surface area contributed by atoms with Crippen molar-refractivity contribution in [2.45, 2.75) is 38.9 Å². The fraction of sp³-hybridized carbons (Fsp3) is 0.875. The maximum atomic E-state index is 5.71. The minimum absolute atomic E-state index is 0.311. The van der Waals surface area contributed by atoms with E-state index in [1.54, 1.807) is 0 Å². The second-order valence-electron chi connectivity index (χ2n) is 4.20. The third-order valence-electron chi connectivity index (χ3n) is 2.25. The van der Waals surface area contributed by atoms with E-state index in [0.717, 1.165) is 5.33 Å². The number of hydrogen-bond donors (Lipinski definition) is 0. The zero-order chi connectivity index (χ0) is 9.12. The van der Waals surface area contributed by atoms with Crippen LogP contribution < -0.4 is 0 Å². The van der Waals surface area contributed by atoms with E-state index in [9.17, 15) is 0 Å². The quantitative estimate of drug-likeness (QED) is 0.539. The van der Waals surface area contributed by atoms with Crippen molar-refractivity contribution in [2.24, 2.45) is 0 Å². The van der Waals surface area contributed by atoms with Crippen molar-refractivity contribution in [3.05, 3.63) is 6.61 Å². The molecule has 0 unspecified atom stereocenters. The predicted octanol–water partition coefficient (Wildman–Crippen LogP) is 3.56. The van der Waals surface area contributed by atoms with Gasteiger partial charge in [0.15, 0.2) is 8.32 Å². The topological polar surface area (TPSA) is 9.23 Å². The van der Waals surface area contributed by atoms with Crippen molar-refractivity contribution < 1.29 is 4.43 Å². The fourth-order valence-electron chi connectivity index (χ4n) is 0.417. The zero-order valence-electron chi connectivity index (χ0n) is 8.07. The van der Waals surface area contributed by atoms with Gasteiger partial charge >= 0.3 is 0 Å². The molecule has 0 N–H and O–H groups in total. The van der Waals surface area contributed by atoms with Crippen LogP contribution in [0.15, 0.2) is 0 Å². The van der Waals surface area contributed by atoms with E-state index >= 15 is 0 Å². The molecule has 0 bridgehead atoms. The minimum atomic E-state index is -1.51. The van der Waals surface area contributed by atoms with Gasteiger partial charge in [-0.1, -0.05) is 36.7 Å². The van der Waals surface area contributed by atoms with Gasteiger partial charge in [0.05, 0.1) is 6.61 Å². The normalized spacial score (nSPS) is 13.6. The van der Waals surface area contributed by atoms with Gasteiger partial charge in [0.1, 0.15) is 0 Å². The monoisotopic (exact) mass is 237 g/mol. The second kappa shape index (κ2) is 4.05. The molecule has 1 radical (unpaired) electrons. The van der Waals surface area contributed by atoms with Crippen molar-refractivity contribution in [3.63, 3.8) is 0 Å². The van der Waals surface area contributed by atoms with E-state index in [-0.39, 0.29) is 0 Å². The van der Waals surface area contributed by atoms with Gasteiger partial charge in [0.25, 0.3) is 0 Å². The van der Waals surface area contributed by atoms with Gasteiger partial charge in [-0.3, -0.25) is 0 Å². The molecule has 0 rings (SSSR count). The first kappa shape index (κ1) is 11.7. The van der Waals surface area contributed by atoms with Crippen molar-refractivity contribution in [1.29, 1.82) is 0 Å². The van der Waals surface area contributed by atoms with Crippen LogP contribution in [0.2, 0.25) is 18.1 Å². The van der Waals surface area contributed by atoms with Crippen LogP contribution in [0.25, 0.3) is 0 Å². The van der Waals surface area contributed by atoms with Gasteiger partial charge in [0.2, 0.25) is 0 Å². The first-order chi connectivity index (χ1) is 4.81. The lowest BCUT2D eigenvalue weighted by atomic mass is 10.2. The highest BCUT2D eigenvalue weighted by atomic mass is 79.9. The van der Waals surface area contributed by atoms with E-state index in [4.69, 9.17) is 4.43 Å². The highest BCUT2D eigenvalue weighted by Crippen LogP contribution is 2.36. The van der Waals surface area contributed by atoms with Crippen LogP contribution in [0.3, 0.4) is 0 Å². The Balaban J connectivity index is 4.00. The molecular weight excluding hydrogens is 220 g/mol. The number of halogens is 1. The molecule has 0 aliphatic rings. The lowest BCUT2D eigenvalue weighted by molar-refractivity contribution is 0.379. The van der Waals surface area contributed by atoms with Gasteiger partial charge in [-0.2, -0.15) is 0 Å². The van der Waals surface area contributed by atoms with Crippen LogP contribution in [0, 0.1) is 6.61 Å². The van der Waals surface area contributed by atoms with Crippen LogP contribution in [0.4, 0.5) is 0 Å². The van der Waals surface area contributed by atoms with Crippen LogP contribution in [0.1, 0.15) is 20.8 Å². The molecular formula is C8H18BrOSi. The fourth-order valence-corrected chi connectivity index (χ4v) is 1.65. The smallest absolute Gasteiger partial charge is 0.192 e. The Labute approximate surface area is 79.8 Å². The zero-order valence-corrected chi connectivity index (χ0v) is 10.7. The molecule has 0 heterocycles. The van der Waals surface area contributed by atoms with Gasteiger partial charge in [0, 0.05) is 5.33 Å². The molecule has 0 atom stereocenters. The maximum absolute atomic E-state index is 5.71. The Morgan fingerprint density at radius 1 is 1.36 bits per heavy atom. The summed E-state index contributed by atoms with van der Waals surface area (Å²) in [5, 5.41) is 1.13. The highest BCUT2D eigenvalue weighted by Gasteiger charge is 2.36. The Kier molecular flexibility index (Phi) is 4.30. The van der Waals surface area contributed by atoms with Crippen molar-refractivity contribution >= 4 is 24.2 Å². The summed E-state index contributed by atoms with van der Waals surface area (Å²) in [5.41, 5.74) is 0. The molecule has 1 nitrogen and oxygen atoms in total. The summed E-state index contributed by atoms with van der Waals surface area (Å²) in [6.45, 7) is 13.1. The van der Waals surface area contributed by atoms with E-state index < -0.39 is 8.32 Å². The predicted molar refractivity (Wildman–Crippen MR) is 56.4 cm³/mol. The minimum Gasteiger partial charge on any atom is -0.410 e. The maximum Gasteiger partial charge on any atom is 0.192 e. The SMILES string of the molecule is CC(C)(C)[Si](C)(C)O[CH]CBr. The van der Waals surface area contributed by atoms with Gasteiger partial charge in [-0.15, -0.1) is 0 Å². The average Bonchev–Trinajstić information content (AvgIpc) is 1.81. The van der Waals surface area contributed by atoms with Crippen molar-refractivity contribution in [1.82, 2.24) is 0 Å². The van der Waals surface area contributed by atoms with Gasteiger partial charge in [-0.25, -0.2) is 0 Å². The van der Waals surface area contributed by atoms with E-state index in [0.29, 0.717) is 5.04 Å². The van der Waals surface area contributed by atoms with Crippen LogP contribution in [-0.2, 0) is 4.43 Å². The second-order valence-corrected chi connectivity index (χ2v) is 9.60. The molecule has 67 valence electrons. The summed E-state index contributed by atoms with van der Waals surface area (Å²) in [4.78, 5) is 0. The van der Waals surface area contributed by atoms with Crippen molar-refractivity contribution in [2.75, 3.05) is 5.33 Å². The Morgan fingerprint density at radius 2 is 1.82 bits per heavy atom. The molecule has 0 fully saturated rings. The molecule has 0 aliphatic heterocycles. The molecule has 0 aromatic heterocycles.